The van der Waals surface area contributed by atoms with E-state index in [1.54, 1.807) is 117 Å². The maximum absolute atomic E-state index is 13.1. The van der Waals surface area contributed by atoms with Crippen LogP contribution in [0.25, 0.3) is 11.0 Å². The summed E-state index contributed by atoms with van der Waals surface area (Å²) in [5.41, 5.74) is 1.50. The second-order valence-electron chi connectivity index (χ2n) is 7.91. The number of carbonyl (C=O) groups is 3. The van der Waals surface area contributed by atoms with Gasteiger partial charge in [-0.25, -0.2) is 10.7 Å². The maximum Gasteiger partial charge on any atom is 0.408 e. The minimum atomic E-state index is -0.711. The lowest BCUT2D eigenvalue weighted by Gasteiger charge is -2.20. The first-order valence-electron chi connectivity index (χ1n) is 11.6. The van der Waals surface area contributed by atoms with Gasteiger partial charge in [-0.2, -0.15) is 4.24 Å². The average molecular weight is 490 g/mol. The first-order chi connectivity index (χ1) is 18.0. The van der Waals surface area contributed by atoms with Crippen molar-refractivity contribution in [1.82, 2.24) is 4.90 Å². The van der Waals surface area contributed by atoms with E-state index in [2.05, 4.69) is 0 Å². The summed E-state index contributed by atoms with van der Waals surface area (Å²) in [4.78, 5) is 39.9. The molecule has 4 rings (SSSR count). The van der Waals surface area contributed by atoms with Gasteiger partial charge in [-0.1, -0.05) is 60.7 Å². The van der Waals surface area contributed by atoms with Gasteiger partial charge in [-0.05, 0) is 29.9 Å². The van der Waals surface area contributed by atoms with Gasteiger partial charge in [0.05, 0.1) is 6.61 Å². The van der Waals surface area contributed by atoms with Crippen LogP contribution in [0.1, 0.15) is 27.6 Å². The second kappa shape index (κ2) is 11.5. The fraction of sp³-hybridized carbons (Fsp3) is 0.0667. The number of ether oxygens (including phenoxy) is 1. The van der Waals surface area contributed by atoms with Gasteiger partial charge in [-0.15, -0.1) is 0 Å². The molecule has 0 aliphatic carbocycles. The van der Waals surface area contributed by atoms with Gasteiger partial charge in [0, 0.05) is 35.7 Å². The molecule has 0 saturated heterocycles. The van der Waals surface area contributed by atoms with E-state index in [9.17, 15) is 19.8 Å². The average Bonchev–Trinajstić information content (AvgIpc) is 2.95. The van der Waals surface area contributed by atoms with Gasteiger partial charge < -0.3 is 15.0 Å². The zero-order valence-electron chi connectivity index (χ0n) is 20.1. The highest BCUT2D eigenvalue weighted by molar-refractivity contribution is 6.17. The van der Waals surface area contributed by atoms with E-state index in [0.717, 1.165) is 10.8 Å². The summed E-state index contributed by atoms with van der Waals surface area (Å²) in [7, 11) is 0. The third kappa shape index (κ3) is 5.59. The number of benzene rings is 2. The molecule has 1 aliphatic heterocycles. The topological polar surface area (TPSA) is 91.9 Å². The third-order valence-electron chi connectivity index (χ3n) is 5.59. The lowest BCUT2D eigenvalue weighted by Crippen LogP contribution is -2.34. The summed E-state index contributed by atoms with van der Waals surface area (Å²) in [5.74, 6) is 0.465. The standard InChI is InChI=1S/C30H23N3O4/c1-2-37-30(36)27(29(35)25-11-7-4-8-12-25)33-19-15-23(16-20-33)22-13-17-32(18-14-22)26(21-31)28(34)24-9-5-3-6-10-24/h3-20H,2H2,1H3. The Morgan fingerprint density at radius 2 is 1.38 bits per heavy atom. The number of hydrogen-bond acceptors (Lipinski definition) is 5. The van der Waals surface area contributed by atoms with Gasteiger partial charge in [0.15, 0.2) is 12.4 Å². The largest absolute Gasteiger partial charge is 0.761 e. The SMILES string of the molecule is CCOC(=O)C(C(=O)c1ccccc1)=[n+]1ccc(=C2C=CN(C(=C=[N-])C(=O)c3ccccc3)C=C2)cc1. The van der Waals surface area contributed by atoms with Crippen molar-refractivity contribution in [2.75, 3.05) is 6.61 Å². The van der Waals surface area contributed by atoms with Crippen LogP contribution in [0, 0.1) is 5.71 Å². The molecule has 37 heavy (non-hydrogen) atoms. The fourth-order valence-corrected chi connectivity index (χ4v) is 3.73. The van der Waals surface area contributed by atoms with Crippen molar-refractivity contribution in [2.24, 2.45) is 0 Å². The van der Waals surface area contributed by atoms with E-state index in [4.69, 9.17) is 4.74 Å². The summed E-state index contributed by atoms with van der Waals surface area (Å²) in [5, 5.41) is 10.4. The quantitative estimate of drug-likeness (QED) is 0.127. The van der Waals surface area contributed by atoms with E-state index >= 15 is 0 Å². The highest BCUT2D eigenvalue weighted by atomic mass is 16.5. The molecule has 2 aromatic carbocycles. The van der Waals surface area contributed by atoms with Crippen molar-refractivity contribution >= 4 is 29.0 Å². The normalized spacial score (nSPS) is 12.0. The lowest BCUT2D eigenvalue weighted by atomic mass is 10.1. The molecule has 7 heteroatoms. The molecule has 0 amide bonds. The van der Waals surface area contributed by atoms with Crippen LogP contribution in [-0.2, 0) is 9.53 Å². The van der Waals surface area contributed by atoms with Crippen molar-refractivity contribution in [1.29, 1.82) is 0 Å². The molecule has 0 saturated carbocycles. The number of esters is 1. The van der Waals surface area contributed by atoms with E-state index in [1.807, 2.05) is 5.87 Å². The number of carbonyl (C=O) groups excluding carboxylic acids is 3. The molecule has 0 fully saturated rings. The highest BCUT2D eigenvalue weighted by Crippen LogP contribution is 2.17. The minimum absolute atomic E-state index is 0.0169. The van der Waals surface area contributed by atoms with Crippen LogP contribution in [0.15, 0.2) is 115 Å². The van der Waals surface area contributed by atoms with Crippen LogP contribution in [-0.4, -0.2) is 34.9 Å². The first-order valence-corrected chi connectivity index (χ1v) is 11.6. The molecule has 0 spiro atoms. The molecule has 1 aliphatic rings. The Hall–Kier alpha value is -5.13. The van der Waals surface area contributed by atoms with Crippen LogP contribution in [0.3, 0.4) is 0 Å². The van der Waals surface area contributed by atoms with E-state index in [-0.39, 0.29) is 23.8 Å². The predicted octanol–water partition coefficient (Wildman–Crippen LogP) is 3.30. The molecule has 1 aromatic heterocycles. The number of Topliss-reactive ketones (excluding diaryl/α,β-unsaturated/α-hetero) is 2. The van der Waals surface area contributed by atoms with Crippen molar-refractivity contribution in [3.63, 3.8) is 0 Å². The Morgan fingerprint density at radius 3 is 1.89 bits per heavy atom. The van der Waals surface area contributed by atoms with Crippen LogP contribution in [0.4, 0.5) is 0 Å². The van der Waals surface area contributed by atoms with Gasteiger partial charge in [0.25, 0.3) is 5.78 Å². The number of hydrogen-bond donors (Lipinski definition) is 0. The predicted molar refractivity (Wildman–Crippen MR) is 138 cm³/mol. The highest BCUT2D eigenvalue weighted by Gasteiger charge is 2.30. The van der Waals surface area contributed by atoms with Crippen LogP contribution in [0.5, 0.6) is 0 Å². The minimum Gasteiger partial charge on any atom is -0.761 e. The van der Waals surface area contributed by atoms with Crippen LogP contribution < -0.4 is 9.46 Å². The number of pyridine rings is 1. The molecule has 2 heterocycles. The number of allylic oxidation sites excluding steroid dienone is 3. The van der Waals surface area contributed by atoms with E-state index in [0.29, 0.717) is 11.1 Å². The van der Waals surface area contributed by atoms with Gasteiger partial charge in [0.2, 0.25) is 5.78 Å². The van der Waals surface area contributed by atoms with Crippen molar-refractivity contribution in [3.8, 4) is 0 Å². The third-order valence-corrected chi connectivity index (χ3v) is 5.59. The Balaban J connectivity index is 1.66. The zero-order valence-corrected chi connectivity index (χ0v) is 20.1. The summed E-state index contributed by atoms with van der Waals surface area (Å²) in [6, 6.07) is 20.7. The fourth-order valence-electron chi connectivity index (χ4n) is 3.73. The van der Waals surface area contributed by atoms with Crippen LogP contribution >= 0.6 is 0 Å². The number of aromatic nitrogens is 1. The molecule has 0 bridgehead atoms. The molecule has 0 N–H and O–H groups in total. The summed E-state index contributed by atoms with van der Waals surface area (Å²) in [6.07, 6.45) is 10.1. The number of nitrogens with zero attached hydrogens (tertiary/aromatic N) is 3. The van der Waals surface area contributed by atoms with Gasteiger partial charge in [0.1, 0.15) is 5.70 Å². The van der Waals surface area contributed by atoms with E-state index in [1.165, 1.54) is 9.14 Å². The first kappa shape index (κ1) is 25.0. The Morgan fingerprint density at radius 1 is 0.838 bits per heavy atom. The van der Waals surface area contributed by atoms with Crippen molar-refractivity contribution in [2.45, 2.75) is 6.92 Å². The second-order valence-corrected chi connectivity index (χ2v) is 7.91. The van der Waals surface area contributed by atoms with Crippen molar-refractivity contribution in [3.05, 3.63) is 143 Å². The summed E-state index contributed by atoms with van der Waals surface area (Å²) in [6.45, 7) is 1.82. The maximum atomic E-state index is 13.1. The van der Waals surface area contributed by atoms with Crippen molar-refractivity contribution < 1.29 is 23.4 Å². The summed E-state index contributed by atoms with van der Waals surface area (Å²) >= 11 is 0. The lowest BCUT2D eigenvalue weighted by molar-refractivity contribution is -0.515. The Kier molecular flexibility index (Phi) is 7.79. The molecule has 0 atom stereocenters. The molecule has 7 nitrogen and oxygen atoms in total. The van der Waals surface area contributed by atoms with Gasteiger partial charge >= 0.3 is 11.7 Å². The summed E-state index contributed by atoms with van der Waals surface area (Å²) < 4.78 is 6.58. The Labute approximate surface area is 213 Å². The number of rotatable bonds is 7. The monoisotopic (exact) mass is 489 g/mol. The molecular weight excluding hydrogens is 466 g/mol. The smallest absolute Gasteiger partial charge is 0.408 e. The van der Waals surface area contributed by atoms with Crippen LogP contribution in [0.2, 0.25) is 0 Å². The molecule has 0 radical (unpaired) electrons. The van der Waals surface area contributed by atoms with E-state index < -0.39 is 11.8 Å². The zero-order chi connectivity index (χ0) is 26.2. The molecule has 0 unspecified atom stereocenters. The molecule has 3 aromatic rings. The number of ketones is 2. The van der Waals surface area contributed by atoms with Gasteiger partial charge in [-0.3, -0.25) is 9.59 Å². The molecule has 182 valence electrons. The molecular formula is C30H23N3O4. The Bertz CT molecular complexity index is 1540.